The molecule has 662 valence electrons. The second kappa shape index (κ2) is 38.5. The van der Waals surface area contributed by atoms with Crippen molar-refractivity contribution in [3.63, 3.8) is 0 Å². The quantitative estimate of drug-likeness (QED) is 0.0177. The van der Waals surface area contributed by atoms with Gasteiger partial charge in [-0.15, -0.1) is 0 Å². The van der Waals surface area contributed by atoms with Gasteiger partial charge in [-0.05, 0) is 6.07 Å². The third-order valence-electron chi connectivity index (χ3n) is 13.9. The van der Waals surface area contributed by atoms with Crippen LogP contribution in [0.3, 0.4) is 0 Å². The molecule has 0 amide bonds. The van der Waals surface area contributed by atoms with Crippen LogP contribution in [-0.4, -0.2) is 232 Å². The summed E-state index contributed by atoms with van der Waals surface area (Å²) >= 11 is 0. The lowest BCUT2D eigenvalue weighted by atomic mass is 10.2. The largest absolute Gasteiger partial charge is 0.490 e. The first kappa shape index (κ1) is 99.3. The molecule has 10 rings (SSSR count). The topological polar surface area (TPSA) is 1030 Å². The number of imidazole rings is 2. The standard InChI is InChI=1S/C10H16N5O13P3.C10H16N5O12P3.C9H16N3O13P3.C9H15N2O14P3/c11-10-13-8-7(9(17)14-10)12-3-15(8)6-1-4(16)5(26-6)2-25-30(21,22)28-31(23,24)27-29(18,19)20;11-9-8-10(13-3-12-9)15(4-14-8)7-1-5(16)6(25-7)2-24-29(20,21)27-30(22,23)26-28(17,18)19;10-7-1-2-12(9(14)11-7)8-3-5(13)6(23-8)4-22-27(18,19)25-28(20,21)24-26(15,16)17;12-5-3-8(11-2-1-7(13)10-9(11)14)23-6(5)4-22-27(18,19)25-28(20,21)24-26(15,16)17/h3-6,16H,1-2H2,(H,21,22)(H,23,24)(H2,18,19,20)(H3,11,13,14,17);3-7,16H,1-2H2,(H,20,21)(H,22,23)(H2,11,12,13)(H2,17,18,19);1-2,5-6,8,13H,3-4H2,(H,18,19)(H,20,21)(H2,10,11,14)(H2,15,16,17);1-2,5-6,8,12H,3-4H2,(H,18,19)(H,20,21)(H,10,13,14)(H2,15,16,17)/t4-,5+,6+;5-,6+,7+;2*5-,6+,8+/m0000/s1. The lowest BCUT2D eigenvalue weighted by Crippen LogP contribution is -2.31. The van der Waals surface area contributed by atoms with Gasteiger partial charge >= 0.3 is 105 Å². The summed E-state index contributed by atoms with van der Waals surface area (Å²) in [6.45, 7) is -3.35. The molecule has 20 atom stereocenters. The van der Waals surface area contributed by atoms with E-state index in [9.17, 15) is 114 Å². The summed E-state index contributed by atoms with van der Waals surface area (Å²) in [7, 11) is -66.1. The molecule has 8 unspecified atom stereocenters. The summed E-state index contributed by atoms with van der Waals surface area (Å²) in [5.74, 6) is -0.104. The van der Waals surface area contributed by atoms with Gasteiger partial charge in [0.05, 0.1) is 63.5 Å². The van der Waals surface area contributed by atoms with Crippen LogP contribution in [0, 0.1) is 0 Å². The lowest BCUT2D eigenvalue weighted by Gasteiger charge is -2.19. The van der Waals surface area contributed by atoms with E-state index in [1.165, 1.54) is 40.4 Å². The van der Waals surface area contributed by atoms with Crippen molar-refractivity contribution in [1.29, 1.82) is 0 Å². The maximum Gasteiger partial charge on any atom is 0.490 e. The maximum absolute atomic E-state index is 11.8. The first-order valence-electron chi connectivity index (χ1n) is 30.1. The normalized spacial score (nSPS) is 26.7. The van der Waals surface area contributed by atoms with Crippen molar-refractivity contribution in [3.8, 4) is 0 Å². The Morgan fingerprint density at radius 3 is 1.06 bits per heavy atom. The number of aromatic amines is 2. The Kier molecular flexibility index (Phi) is 32.7. The Labute approximate surface area is 643 Å². The van der Waals surface area contributed by atoms with Gasteiger partial charge in [0, 0.05) is 44.1 Å². The van der Waals surface area contributed by atoms with Crippen LogP contribution < -0.4 is 39.7 Å². The summed E-state index contributed by atoms with van der Waals surface area (Å²) < 4.78 is 207. The zero-order chi connectivity index (χ0) is 88.2. The second-order valence-electron chi connectivity index (χ2n) is 22.7. The van der Waals surface area contributed by atoms with E-state index >= 15 is 0 Å². The lowest BCUT2D eigenvalue weighted by molar-refractivity contribution is -0.0450. The predicted octanol–water partition coefficient (Wildman–Crippen LogP) is -4.56. The van der Waals surface area contributed by atoms with Crippen molar-refractivity contribution in [2.75, 3.05) is 43.6 Å². The molecule has 4 aliphatic rings. The predicted molar refractivity (Wildman–Crippen MR) is 364 cm³/mol. The van der Waals surface area contributed by atoms with Crippen LogP contribution >= 0.6 is 93.9 Å². The Bertz CT molecular complexity index is 5430. The van der Waals surface area contributed by atoms with Crippen molar-refractivity contribution >= 4 is 134 Å². The minimum atomic E-state index is -5.67. The number of ether oxygens (including phenoxy) is 4. The monoisotopic (exact) mass is 1930 g/mol. The molecule has 6 aromatic rings. The first-order valence-corrected chi connectivity index (χ1v) is 48.1. The van der Waals surface area contributed by atoms with Crippen LogP contribution in [0.5, 0.6) is 0 Å². The molecule has 0 saturated carbocycles. The fourth-order valence-electron chi connectivity index (χ4n) is 9.56. The minimum absolute atomic E-state index is 0.000206. The number of aliphatic hydroxyl groups is 4. The summed E-state index contributed by atoms with van der Waals surface area (Å²) in [5, 5.41) is 40.1. The summed E-state index contributed by atoms with van der Waals surface area (Å²) in [4.78, 5) is 215. The fourth-order valence-corrected chi connectivity index (χ4v) is 21.7. The van der Waals surface area contributed by atoms with Crippen LogP contribution in [-0.2, 0) is 126 Å². The number of aromatic nitrogens is 12. The third kappa shape index (κ3) is 31.5. The first-order chi connectivity index (χ1) is 53.3. The molecular formula is C38H63N15O52P12. The number of nitrogens with one attached hydrogen (secondary N) is 2. The van der Waals surface area contributed by atoms with E-state index in [0.717, 1.165) is 21.4 Å². The number of nitrogens with two attached hydrogens (primary N) is 3. The van der Waals surface area contributed by atoms with Gasteiger partial charge in [-0.25, -0.2) is 84.3 Å². The molecule has 0 bridgehead atoms. The van der Waals surface area contributed by atoms with Gasteiger partial charge < -0.3 is 135 Å². The van der Waals surface area contributed by atoms with Gasteiger partial charge in [0.25, 0.3) is 11.1 Å². The highest BCUT2D eigenvalue weighted by Gasteiger charge is 2.49. The van der Waals surface area contributed by atoms with E-state index in [2.05, 4.69) is 87.5 Å². The van der Waals surface area contributed by atoms with Crippen molar-refractivity contribution in [2.24, 2.45) is 0 Å². The van der Waals surface area contributed by atoms with Crippen LogP contribution in [0.1, 0.15) is 50.6 Å². The number of hydrogen-bond donors (Lipinski definition) is 25. The summed E-state index contributed by atoms with van der Waals surface area (Å²) in [6.07, 6.45) is -8.16. The molecule has 0 spiro atoms. The summed E-state index contributed by atoms with van der Waals surface area (Å²) in [6, 6.07) is 2.33. The number of aliphatic hydroxyl groups excluding tert-OH is 4. The molecule has 117 heavy (non-hydrogen) atoms. The van der Waals surface area contributed by atoms with E-state index in [1.54, 1.807) is 0 Å². The van der Waals surface area contributed by atoms with E-state index in [-0.39, 0.29) is 54.4 Å². The molecule has 4 aliphatic heterocycles. The third-order valence-corrected chi connectivity index (χ3v) is 29.1. The number of phosphoric ester groups is 4. The molecule has 79 heteroatoms. The highest BCUT2D eigenvalue weighted by Crippen LogP contribution is 2.70. The second-order valence-corrected chi connectivity index (χ2v) is 40.4. The van der Waals surface area contributed by atoms with Crippen molar-refractivity contribution in [2.45, 2.75) is 99.4 Å². The number of hydrogen-bond acceptors (Lipinski definition) is 45. The molecule has 0 radical (unpaired) electrons. The number of phosphoric acid groups is 12. The molecule has 4 saturated heterocycles. The number of fused-ring (bicyclic) bond motifs is 2. The zero-order valence-corrected chi connectivity index (χ0v) is 67.4. The van der Waals surface area contributed by atoms with Crippen LogP contribution in [0.15, 0.2) is 62.7 Å². The molecular weight excluding hydrogens is 1870 g/mol. The molecule has 6 aromatic heterocycles. The van der Waals surface area contributed by atoms with Crippen molar-refractivity contribution in [1.82, 2.24) is 58.1 Å². The van der Waals surface area contributed by atoms with E-state index in [4.69, 9.17) is 94.9 Å². The van der Waals surface area contributed by atoms with Crippen molar-refractivity contribution < 1.29 is 225 Å². The Balaban J connectivity index is 0.000000216. The smallest absolute Gasteiger partial charge is 0.390 e. The Morgan fingerprint density at radius 2 is 0.718 bits per heavy atom. The number of nitrogens with zero attached hydrogens (tertiary/aromatic N) is 10. The molecule has 0 aromatic carbocycles. The Hall–Kier alpha value is -4.82. The maximum atomic E-state index is 11.8. The number of nitrogen functional groups attached to an aromatic ring is 3. The minimum Gasteiger partial charge on any atom is -0.390 e. The van der Waals surface area contributed by atoms with Gasteiger partial charge in [-0.2, -0.15) is 44.5 Å². The van der Waals surface area contributed by atoms with Gasteiger partial charge in [-0.1, -0.05) is 0 Å². The molecule has 4 fully saturated rings. The highest BCUT2D eigenvalue weighted by molar-refractivity contribution is 7.68. The van der Waals surface area contributed by atoms with Gasteiger partial charge in [0.1, 0.15) is 67.0 Å². The van der Waals surface area contributed by atoms with E-state index in [1.807, 2.05) is 4.98 Å². The highest BCUT2D eigenvalue weighted by atomic mass is 31.3. The molecule has 28 N–H and O–H groups in total. The molecule has 10 heterocycles. The molecule has 0 aliphatic carbocycles. The van der Waals surface area contributed by atoms with Gasteiger partial charge in [0.15, 0.2) is 22.6 Å². The van der Waals surface area contributed by atoms with E-state index in [0.29, 0.717) is 11.2 Å². The number of rotatable bonds is 32. The van der Waals surface area contributed by atoms with Gasteiger partial charge in [0.2, 0.25) is 5.95 Å². The van der Waals surface area contributed by atoms with E-state index < -0.39 is 217 Å². The molecule has 67 nitrogen and oxygen atoms in total. The van der Waals surface area contributed by atoms with Crippen molar-refractivity contribution in [3.05, 3.63) is 85.2 Å². The van der Waals surface area contributed by atoms with Crippen LogP contribution in [0.25, 0.3) is 22.3 Å². The average molecular weight is 1930 g/mol. The number of anilines is 3. The zero-order valence-electron chi connectivity index (χ0n) is 56.7. The van der Waals surface area contributed by atoms with Crippen LogP contribution in [0.4, 0.5) is 17.6 Å². The SMILES string of the molecule is Nc1ccn([C@H]2C[C@H](O)[C@@H](COP(=O)(O)OP(=O)(O)OP(=O)(O)O)O2)c(=O)n1.Nc1nc2c(ncn2[C@H]2C[C@H](O)[C@@H](COP(=O)(O)OP(=O)(O)OP(=O)(O)O)O2)c(=O)[nH]1.Nc1ncnc2c1ncn2[C@H]1C[C@H](O)[C@@H](COP(=O)(O)OP(=O)(O)OP(=O)(O)O)O1.O=c1ccn([C@H]2C[C@H](O)[C@@H](COP(=O)(O)OP(=O)(O)OP(=O)(O)O)O2)c(=O)[nH]1. The fraction of sp³-hybridized carbons (Fsp3) is 0.526. The number of H-pyrrole nitrogens is 2. The Morgan fingerprint density at radius 1 is 0.393 bits per heavy atom. The average Bonchev–Trinajstić information content (AvgIpc) is 1.63. The summed E-state index contributed by atoms with van der Waals surface area (Å²) in [5.41, 5.74) is 14.3. The van der Waals surface area contributed by atoms with Gasteiger partial charge in [-0.3, -0.25) is 55.9 Å². The van der Waals surface area contributed by atoms with Crippen LogP contribution in [0.2, 0.25) is 0 Å².